The molecule has 0 bridgehead atoms. The topological polar surface area (TPSA) is 111 Å². The van der Waals surface area contributed by atoms with Gasteiger partial charge in [-0.25, -0.2) is 4.57 Å². The monoisotopic (exact) mass is 1190 g/mol. The molecule has 0 aliphatic heterocycles. The summed E-state index contributed by atoms with van der Waals surface area (Å²) in [4.78, 5) is 37.9. The standard InChI is InChI=1S/C73H141N2O7P/c1-7-10-13-16-19-22-25-28-30-32-34-35-36-37-38-39-41-43-45-48-51-54-57-60-63-66-73(77)82-71(64-61-58-55-52-49-46-27-24-21-18-15-12-9-3)70(69-81-83(78,79)80-68-67-75(4,5)6)74-72(76)65-62-59-56-53-50-47-44-42-40-33-31-29-26-23-20-17-14-11-8-2/h20,23,29,31,61,64,70-71H,7-19,21-22,24-28,30,32-60,62-63,65-69H2,1-6H3,(H-,74,76,78,79)/p+1/b23-20-,31-29-,64-61-. The molecular formula is C73H142N2O7P+. The molecule has 3 atom stereocenters. The first kappa shape index (κ1) is 81.2. The highest BCUT2D eigenvalue weighted by atomic mass is 31.2. The summed E-state index contributed by atoms with van der Waals surface area (Å²) in [5, 5.41) is 3.08. The van der Waals surface area contributed by atoms with Crippen LogP contribution in [0.4, 0.5) is 0 Å². The minimum atomic E-state index is -4.45. The number of ether oxygens (including phenoxy) is 1. The van der Waals surface area contributed by atoms with E-state index in [1.807, 2.05) is 27.2 Å². The molecule has 0 aromatic carbocycles. The Kier molecular flexibility index (Phi) is 61.9. The van der Waals surface area contributed by atoms with Gasteiger partial charge < -0.3 is 19.4 Å². The fraction of sp³-hybridized carbons (Fsp3) is 0.890. The predicted molar refractivity (Wildman–Crippen MR) is 360 cm³/mol. The first-order valence-corrected chi connectivity index (χ1v) is 37.8. The van der Waals surface area contributed by atoms with Gasteiger partial charge in [0, 0.05) is 12.8 Å². The van der Waals surface area contributed by atoms with Crippen molar-refractivity contribution >= 4 is 19.7 Å². The van der Waals surface area contributed by atoms with Crippen LogP contribution in [0.25, 0.3) is 0 Å². The molecule has 490 valence electrons. The van der Waals surface area contributed by atoms with Crippen LogP contribution < -0.4 is 5.32 Å². The summed E-state index contributed by atoms with van der Waals surface area (Å²) in [6, 6.07) is -0.848. The van der Waals surface area contributed by atoms with Crippen molar-refractivity contribution in [1.82, 2.24) is 5.32 Å². The van der Waals surface area contributed by atoms with Crippen molar-refractivity contribution in [2.45, 2.75) is 380 Å². The zero-order valence-electron chi connectivity index (χ0n) is 56.2. The van der Waals surface area contributed by atoms with Crippen molar-refractivity contribution in [2.75, 3.05) is 40.9 Å². The van der Waals surface area contributed by atoms with E-state index in [-0.39, 0.29) is 25.1 Å². The molecule has 0 saturated heterocycles. The number of allylic oxidation sites excluding steroid dienone is 5. The largest absolute Gasteiger partial charge is 0.472 e. The number of nitrogens with zero attached hydrogens (tertiary/aromatic N) is 1. The molecule has 0 aliphatic carbocycles. The van der Waals surface area contributed by atoms with Crippen LogP contribution in [0, 0.1) is 0 Å². The van der Waals surface area contributed by atoms with E-state index in [1.165, 1.54) is 270 Å². The third-order valence-electron chi connectivity index (χ3n) is 16.6. The first-order chi connectivity index (χ1) is 40.4. The number of hydrogen-bond acceptors (Lipinski definition) is 6. The highest BCUT2D eigenvalue weighted by Gasteiger charge is 2.30. The van der Waals surface area contributed by atoms with Gasteiger partial charge >= 0.3 is 13.8 Å². The molecule has 0 heterocycles. The molecule has 2 N–H and O–H groups in total. The molecule has 0 fully saturated rings. The van der Waals surface area contributed by atoms with Crippen molar-refractivity contribution in [2.24, 2.45) is 0 Å². The second-order valence-electron chi connectivity index (χ2n) is 26.1. The third-order valence-corrected chi connectivity index (χ3v) is 17.6. The van der Waals surface area contributed by atoms with E-state index >= 15 is 0 Å². The number of carbonyl (C=O) groups excluding carboxylic acids is 2. The minimum Gasteiger partial charge on any atom is -0.456 e. The number of phosphoric ester groups is 1. The van der Waals surface area contributed by atoms with Gasteiger partial charge in [-0.05, 0) is 63.9 Å². The number of phosphoric acid groups is 1. The number of hydrogen-bond donors (Lipinski definition) is 2. The van der Waals surface area contributed by atoms with Crippen LogP contribution in [0.3, 0.4) is 0 Å². The Balaban J connectivity index is 5.04. The van der Waals surface area contributed by atoms with E-state index in [0.29, 0.717) is 23.9 Å². The van der Waals surface area contributed by atoms with Crippen LogP contribution in [0.1, 0.15) is 367 Å². The van der Waals surface area contributed by atoms with E-state index < -0.39 is 20.0 Å². The predicted octanol–water partition coefficient (Wildman–Crippen LogP) is 23.0. The van der Waals surface area contributed by atoms with Crippen LogP contribution in [0.5, 0.6) is 0 Å². The van der Waals surface area contributed by atoms with Crippen LogP contribution in [-0.2, 0) is 27.9 Å². The molecule has 0 aliphatic rings. The molecule has 0 rings (SSSR count). The molecule has 0 saturated carbocycles. The Bertz CT molecular complexity index is 1510. The number of quaternary nitrogens is 1. The minimum absolute atomic E-state index is 0.0420. The lowest BCUT2D eigenvalue weighted by Crippen LogP contribution is -2.47. The van der Waals surface area contributed by atoms with Gasteiger partial charge in [-0.2, -0.15) is 0 Å². The average Bonchev–Trinajstić information content (AvgIpc) is 3.47. The first-order valence-electron chi connectivity index (χ1n) is 36.3. The van der Waals surface area contributed by atoms with Gasteiger partial charge in [0.15, 0.2) is 0 Å². The molecule has 83 heavy (non-hydrogen) atoms. The van der Waals surface area contributed by atoms with Gasteiger partial charge in [0.2, 0.25) is 5.91 Å². The number of carbonyl (C=O) groups is 2. The summed E-state index contributed by atoms with van der Waals surface area (Å²) in [5.41, 5.74) is 0. The van der Waals surface area contributed by atoms with E-state index in [9.17, 15) is 19.0 Å². The second-order valence-corrected chi connectivity index (χ2v) is 27.6. The maximum absolute atomic E-state index is 13.6. The van der Waals surface area contributed by atoms with E-state index in [1.54, 1.807) is 0 Å². The van der Waals surface area contributed by atoms with E-state index in [4.69, 9.17) is 13.8 Å². The maximum Gasteiger partial charge on any atom is 0.472 e. The van der Waals surface area contributed by atoms with Gasteiger partial charge in [-0.1, -0.05) is 327 Å². The Morgan fingerprint density at radius 3 is 1.11 bits per heavy atom. The van der Waals surface area contributed by atoms with Gasteiger partial charge in [0.1, 0.15) is 19.3 Å². The summed E-state index contributed by atoms with van der Waals surface area (Å²) in [5.74, 6) is -0.489. The number of unbranched alkanes of at least 4 members (excludes halogenated alkanes) is 47. The van der Waals surface area contributed by atoms with Crippen molar-refractivity contribution in [3.63, 3.8) is 0 Å². The van der Waals surface area contributed by atoms with Gasteiger partial charge in [-0.15, -0.1) is 0 Å². The molecule has 0 aromatic heterocycles. The van der Waals surface area contributed by atoms with Crippen molar-refractivity contribution in [3.8, 4) is 0 Å². The van der Waals surface area contributed by atoms with Crippen LogP contribution in [-0.4, -0.2) is 74.3 Å². The Hall–Kier alpha value is -1.77. The molecule has 1 amide bonds. The zero-order valence-corrected chi connectivity index (χ0v) is 57.1. The van der Waals surface area contributed by atoms with Gasteiger partial charge in [-0.3, -0.25) is 18.6 Å². The number of likely N-dealkylation sites (N-methyl/N-ethyl adjacent to an activating group) is 1. The quantitative estimate of drug-likeness (QED) is 0.0205. The zero-order chi connectivity index (χ0) is 60.7. The number of rotatable bonds is 67. The molecule has 3 unspecified atom stereocenters. The lowest BCUT2D eigenvalue weighted by molar-refractivity contribution is -0.870. The summed E-state index contributed by atoms with van der Waals surface area (Å²) < 4.78 is 30.9. The normalized spacial score (nSPS) is 13.7. The highest BCUT2D eigenvalue weighted by molar-refractivity contribution is 7.47. The maximum atomic E-state index is 13.6. The van der Waals surface area contributed by atoms with Gasteiger partial charge in [0.25, 0.3) is 0 Å². The summed E-state index contributed by atoms with van der Waals surface area (Å²) in [7, 11) is 1.51. The molecule has 10 heteroatoms. The SMILES string of the molecule is CCCCC/C=C\C/C=C\CCCCCCCCCCCC(=O)NC(COP(=O)(O)OCC[N+](C)(C)C)C(/C=C\CCCCCCCCCCCCC)OC(=O)CCCCCCCCCCCCCCCCCCCCCCCCCCC. The van der Waals surface area contributed by atoms with Crippen LogP contribution in [0.15, 0.2) is 36.5 Å². The van der Waals surface area contributed by atoms with Crippen LogP contribution >= 0.6 is 7.82 Å². The van der Waals surface area contributed by atoms with Crippen LogP contribution in [0.2, 0.25) is 0 Å². The lowest BCUT2D eigenvalue weighted by Gasteiger charge is -2.27. The molecule has 0 spiro atoms. The molecule has 0 radical (unpaired) electrons. The van der Waals surface area contributed by atoms with E-state index in [2.05, 4.69) is 56.5 Å². The molecule has 9 nitrogen and oxygen atoms in total. The lowest BCUT2D eigenvalue weighted by atomic mass is 10.0. The average molecular weight is 1190 g/mol. The van der Waals surface area contributed by atoms with Crippen molar-refractivity contribution in [1.29, 1.82) is 0 Å². The Morgan fingerprint density at radius 1 is 0.422 bits per heavy atom. The Morgan fingerprint density at radius 2 is 0.735 bits per heavy atom. The summed E-state index contributed by atoms with van der Waals surface area (Å²) >= 11 is 0. The Labute approximate surface area is 516 Å². The summed E-state index contributed by atoms with van der Waals surface area (Å²) in [6.07, 6.45) is 78.7. The van der Waals surface area contributed by atoms with Crippen molar-refractivity contribution < 1.29 is 37.3 Å². The molecular weight excluding hydrogens is 1050 g/mol. The van der Waals surface area contributed by atoms with Gasteiger partial charge in [0.05, 0.1) is 33.8 Å². The van der Waals surface area contributed by atoms with E-state index in [0.717, 1.165) is 64.2 Å². The van der Waals surface area contributed by atoms with Crippen molar-refractivity contribution in [3.05, 3.63) is 36.5 Å². The number of amides is 1. The fourth-order valence-corrected chi connectivity index (χ4v) is 11.7. The third kappa shape index (κ3) is 64.5. The highest BCUT2D eigenvalue weighted by Crippen LogP contribution is 2.43. The molecule has 0 aromatic rings. The number of nitrogens with one attached hydrogen (secondary N) is 1. The summed E-state index contributed by atoms with van der Waals surface area (Å²) in [6.45, 7) is 7.05. The number of esters is 1. The second kappa shape index (κ2) is 63.3. The smallest absolute Gasteiger partial charge is 0.456 e. The fourth-order valence-electron chi connectivity index (χ4n) is 11.0.